The fourth-order valence-corrected chi connectivity index (χ4v) is 6.56. The lowest BCUT2D eigenvalue weighted by molar-refractivity contribution is -0.136. The van der Waals surface area contributed by atoms with Gasteiger partial charge in [-0.15, -0.1) is 0 Å². The van der Waals surface area contributed by atoms with Crippen LogP contribution in [0, 0.1) is 6.92 Å². The van der Waals surface area contributed by atoms with Crippen molar-refractivity contribution in [3.05, 3.63) is 83.3 Å². The number of benzene rings is 2. The van der Waals surface area contributed by atoms with Gasteiger partial charge >= 0.3 is 5.97 Å². The first-order chi connectivity index (χ1) is 18.9. The third-order valence-electron chi connectivity index (χ3n) is 7.87. The molecule has 39 heavy (non-hydrogen) atoms. The molecule has 1 N–H and O–H groups in total. The lowest BCUT2D eigenvalue weighted by Gasteiger charge is -2.40. The predicted molar refractivity (Wildman–Crippen MR) is 157 cm³/mol. The van der Waals surface area contributed by atoms with Crippen LogP contribution in [0.1, 0.15) is 36.6 Å². The highest BCUT2D eigenvalue weighted by Crippen LogP contribution is 2.35. The first-order valence-electron chi connectivity index (χ1n) is 13.5. The highest BCUT2D eigenvalue weighted by atomic mass is 31.1. The van der Waals surface area contributed by atoms with Crippen LogP contribution in [-0.4, -0.2) is 51.0 Å². The highest BCUT2D eigenvalue weighted by molar-refractivity contribution is 7.40. The second-order valence-corrected chi connectivity index (χ2v) is 11.7. The second-order valence-electron chi connectivity index (χ2n) is 10.6. The summed E-state index contributed by atoms with van der Waals surface area (Å²) in [4.78, 5) is 18.9. The Morgan fingerprint density at radius 3 is 2.72 bits per heavy atom. The molecule has 1 fully saturated rings. The van der Waals surface area contributed by atoms with Gasteiger partial charge in [0.2, 0.25) is 0 Å². The lowest BCUT2D eigenvalue weighted by Crippen LogP contribution is -2.45. The smallest absolute Gasteiger partial charge is 0.308 e. The minimum absolute atomic E-state index is 0.0958. The molecule has 0 saturated carbocycles. The summed E-state index contributed by atoms with van der Waals surface area (Å²) in [6.07, 6.45) is 4.74. The van der Waals surface area contributed by atoms with Crippen LogP contribution in [0.2, 0.25) is 0 Å². The van der Waals surface area contributed by atoms with Crippen molar-refractivity contribution in [1.82, 2.24) is 14.6 Å². The molecule has 2 aromatic heterocycles. The molecule has 1 atom stereocenters. The Morgan fingerprint density at radius 2 is 1.90 bits per heavy atom. The van der Waals surface area contributed by atoms with Gasteiger partial charge in [0.1, 0.15) is 5.82 Å². The SMILES string of the molecule is Cc1nc2cc3nn2c(c1CC(=O)O)N1CCC(C)(CC1)OC/C=C/PCc1ccccc1-c1cccc-3c1. The van der Waals surface area contributed by atoms with Gasteiger partial charge in [0.15, 0.2) is 5.65 Å². The van der Waals surface area contributed by atoms with Gasteiger partial charge in [-0.2, -0.15) is 9.61 Å². The molecule has 7 rings (SSSR count). The number of aromatic nitrogens is 3. The monoisotopic (exact) mass is 540 g/mol. The van der Waals surface area contributed by atoms with Crippen molar-refractivity contribution in [3.8, 4) is 22.4 Å². The summed E-state index contributed by atoms with van der Waals surface area (Å²) in [7, 11) is 0.681. The van der Waals surface area contributed by atoms with Crippen molar-refractivity contribution >= 4 is 26.0 Å². The number of nitrogens with zero attached hydrogens (tertiary/aromatic N) is 4. The molecule has 0 amide bonds. The highest BCUT2D eigenvalue weighted by Gasteiger charge is 2.33. The van der Waals surface area contributed by atoms with Crippen LogP contribution in [0.5, 0.6) is 0 Å². The van der Waals surface area contributed by atoms with E-state index in [4.69, 9.17) is 14.8 Å². The van der Waals surface area contributed by atoms with Crippen LogP contribution in [-0.2, 0) is 22.1 Å². The Bertz CT molecular complexity index is 1570. The molecule has 3 aliphatic rings. The Labute approximate surface area is 230 Å². The van der Waals surface area contributed by atoms with E-state index in [1.54, 1.807) is 0 Å². The van der Waals surface area contributed by atoms with Gasteiger partial charge in [-0.25, -0.2) is 4.98 Å². The predicted octanol–water partition coefficient (Wildman–Crippen LogP) is 6.08. The fraction of sp³-hybridized carbons (Fsp3) is 0.323. The molecule has 2 aromatic carbocycles. The molecule has 0 aliphatic carbocycles. The van der Waals surface area contributed by atoms with Gasteiger partial charge in [-0.3, -0.25) is 4.79 Å². The minimum atomic E-state index is -0.873. The number of carboxylic acids is 1. The van der Waals surface area contributed by atoms with E-state index in [9.17, 15) is 9.90 Å². The summed E-state index contributed by atoms with van der Waals surface area (Å²) in [5, 5.41) is 14.8. The maximum Gasteiger partial charge on any atom is 0.308 e. The van der Waals surface area contributed by atoms with E-state index in [-0.39, 0.29) is 12.0 Å². The van der Waals surface area contributed by atoms with Gasteiger partial charge < -0.3 is 14.7 Å². The first kappa shape index (κ1) is 25.7. The number of hydrogen-bond acceptors (Lipinski definition) is 5. The van der Waals surface area contributed by atoms with Crippen molar-refractivity contribution in [2.75, 3.05) is 24.6 Å². The van der Waals surface area contributed by atoms with E-state index < -0.39 is 5.97 Å². The molecule has 6 bridgehead atoms. The zero-order valence-corrected chi connectivity index (χ0v) is 23.4. The van der Waals surface area contributed by atoms with E-state index in [1.807, 2.05) is 17.5 Å². The summed E-state index contributed by atoms with van der Waals surface area (Å²) in [6, 6.07) is 19.1. The van der Waals surface area contributed by atoms with E-state index in [1.165, 1.54) is 11.1 Å². The van der Waals surface area contributed by atoms with Gasteiger partial charge in [-0.1, -0.05) is 62.9 Å². The third-order valence-corrected chi connectivity index (χ3v) is 8.93. The maximum absolute atomic E-state index is 11.9. The molecule has 8 heteroatoms. The molecule has 0 radical (unpaired) electrons. The molecular weight excluding hydrogens is 507 g/mol. The zero-order chi connectivity index (χ0) is 27.0. The number of rotatable bonds is 2. The van der Waals surface area contributed by atoms with Crippen molar-refractivity contribution in [3.63, 3.8) is 0 Å². The van der Waals surface area contributed by atoms with Gasteiger partial charge in [0.25, 0.3) is 0 Å². The number of aryl methyl sites for hydroxylation is 1. The summed E-state index contributed by atoms with van der Waals surface area (Å²) < 4.78 is 8.22. The molecule has 0 spiro atoms. The summed E-state index contributed by atoms with van der Waals surface area (Å²) in [5.41, 5.74) is 7.49. The quantitative estimate of drug-likeness (QED) is 0.311. The summed E-state index contributed by atoms with van der Waals surface area (Å²) in [6.45, 7) is 6.19. The van der Waals surface area contributed by atoms with E-state index >= 15 is 0 Å². The van der Waals surface area contributed by atoms with Crippen LogP contribution in [0.25, 0.3) is 28.0 Å². The van der Waals surface area contributed by atoms with Crippen LogP contribution in [0.3, 0.4) is 0 Å². The fourth-order valence-electron chi connectivity index (χ4n) is 5.65. The van der Waals surface area contributed by atoms with E-state index in [2.05, 4.69) is 72.2 Å². The zero-order valence-electron chi connectivity index (χ0n) is 22.4. The Morgan fingerprint density at radius 1 is 1.10 bits per heavy atom. The molecule has 1 unspecified atom stereocenters. The molecule has 4 aromatic rings. The molecule has 1 saturated heterocycles. The largest absolute Gasteiger partial charge is 0.481 e. The Balaban J connectivity index is 1.52. The number of carboxylic acid groups (broad SMARTS) is 1. The summed E-state index contributed by atoms with van der Waals surface area (Å²) in [5.74, 6) is 2.21. The number of ether oxygens (including phenoxy) is 1. The first-order valence-corrected chi connectivity index (χ1v) is 14.8. The van der Waals surface area contributed by atoms with Gasteiger partial charge in [-0.05, 0) is 55.6 Å². The topological polar surface area (TPSA) is 80.0 Å². The van der Waals surface area contributed by atoms with Crippen molar-refractivity contribution < 1.29 is 14.6 Å². The van der Waals surface area contributed by atoms with Crippen LogP contribution < -0.4 is 4.90 Å². The Kier molecular flexibility index (Phi) is 6.96. The molecular formula is C31H33N4O3P. The van der Waals surface area contributed by atoms with Crippen LogP contribution in [0.15, 0.2) is 66.5 Å². The number of fused-ring (bicyclic) bond motifs is 6. The Hall–Kier alpha value is -3.54. The van der Waals surface area contributed by atoms with Crippen molar-refractivity contribution in [2.45, 2.75) is 44.9 Å². The van der Waals surface area contributed by atoms with Crippen molar-refractivity contribution in [1.29, 1.82) is 0 Å². The standard InChI is InChI=1S/C31H33N4O3P/c1-21-26(18-29(36)37)30-34-13-11-31(2,12-14-34)38-15-6-16-39-20-24-7-3-4-10-25(24)22-8-5-9-23(17-22)27-19-28(32-21)35(30)33-27/h3-10,16-17,19,39H,11-15,18,20H2,1-2H3,(H,36,37)/b16-6+. The van der Waals surface area contributed by atoms with Crippen LogP contribution in [0.4, 0.5) is 5.82 Å². The molecule has 7 nitrogen and oxygen atoms in total. The number of hydrogen-bond donors (Lipinski definition) is 1. The van der Waals surface area contributed by atoms with E-state index in [0.717, 1.165) is 66.1 Å². The maximum atomic E-state index is 11.9. The second kappa shape index (κ2) is 10.6. The number of anilines is 1. The van der Waals surface area contributed by atoms with Gasteiger partial charge in [0.05, 0.1) is 24.3 Å². The normalized spacial score (nSPS) is 20.9. The number of aliphatic carboxylic acids is 1. The van der Waals surface area contributed by atoms with Gasteiger partial charge in [0, 0.05) is 36.0 Å². The molecule has 5 heterocycles. The lowest BCUT2D eigenvalue weighted by atomic mass is 9.93. The summed E-state index contributed by atoms with van der Waals surface area (Å²) >= 11 is 0. The molecule has 200 valence electrons. The third kappa shape index (κ3) is 5.21. The van der Waals surface area contributed by atoms with Crippen molar-refractivity contribution in [2.24, 2.45) is 0 Å². The van der Waals surface area contributed by atoms with E-state index in [0.29, 0.717) is 20.8 Å². The number of carbonyl (C=O) groups is 1. The van der Waals surface area contributed by atoms with Crippen LogP contribution >= 0.6 is 8.58 Å². The molecule has 3 aliphatic heterocycles. The average molecular weight is 541 g/mol. The number of piperidine rings is 1. The minimum Gasteiger partial charge on any atom is -0.481 e. The average Bonchev–Trinajstić information content (AvgIpc) is 3.35.